The molecule has 0 radical (unpaired) electrons. The van der Waals surface area contributed by atoms with Crippen molar-refractivity contribution in [1.29, 1.82) is 0 Å². The van der Waals surface area contributed by atoms with Crippen LogP contribution in [0.1, 0.15) is 36.6 Å². The quantitative estimate of drug-likeness (QED) is 0.545. The van der Waals surface area contributed by atoms with E-state index in [1.54, 1.807) is 32.0 Å². The first-order chi connectivity index (χ1) is 16.0. The summed E-state index contributed by atoms with van der Waals surface area (Å²) >= 11 is 0. The normalized spacial score (nSPS) is 24.0. The zero-order chi connectivity index (χ0) is 24.8. The van der Waals surface area contributed by atoms with Gasteiger partial charge in [-0.3, -0.25) is 0 Å². The van der Waals surface area contributed by atoms with Gasteiger partial charge in [0.15, 0.2) is 6.10 Å². The molecule has 2 heterocycles. The highest BCUT2D eigenvalue weighted by Crippen LogP contribution is 2.46. The van der Waals surface area contributed by atoms with Crippen LogP contribution in [0.2, 0.25) is 0 Å². The zero-order valence-electron chi connectivity index (χ0n) is 19.2. The Bertz CT molecular complexity index is 1160. The molecule has 0 aromatic heterocycles. The van der Waals surface area contributed by atoms with Crippen LogP contribution in [0.4, 0.5) is 0 Å². The van der Waals surface area contributed by atoms with Crippen LogP contribution in [-0.4, -0.2) is 58.8 Å². The maximum atomic E-state index is 13.0. The summed E-state index contributed by atoms with van der Waals surface area (Å²) in [6.45, 7) is 3.25. The molecule has 3 N–H and O–H groups in total. The Morgan fingerprint density at radius 3 is 2.38 bits per heavy atom. The minimum Gasteiger partial charge on any atom is -0.508 e. The smallest absolute Gasteiger partial charge is 0.375 e. The van der Waals surface area contributed by atoms with E-state index >= 15 is 0 Å². The number of ether oxygens (including phenoxy) is 4. The first-order valence-corrected chi connectivity index (χ1v) is 10.6. The molecule has 2 aromatic rings. The van der Waals surface area contributed by atoms with Crippen molar-refractivity contribution < 1.29 is 43.9 Å². The van der Waals surface area contributed by atoms with E-state index in [1.165, 1.54) is 31.4 Å². The van der Waals surface area contributed by atoms with Crippen LogP contribution < -0.4 is 4.74 Å². The summed E-state index contributed by atoms with van der Waals surface area (Å²) in [4.78, 5) is 25.5. The van der Waals surface area contributed by atoms with Crippen molar-refractivity contribution in [3.8, 4) is 11.5 Å². The number of fused-ring (bicyclic) bond motifs is 1. The highest BCUT2D eigenvalue weighted by Gasteiger charge is 2.56. The van der Waals surface area contributed by atoms with Gasteiger partial charge in [0, 0.05) is 19.1 Å². The molecule has 180 valence electrons. The fourth-order valence-electron chi connectivity index (χ4n) is 4.51. The first kappa shape index (κ1) is 23.6. The summed E-state index contributed by atoms with van der Waals surface area (Å²) in [5.41, 5.74) is -1.65. The molecule has 0 bridgehead atoms. The van der Waals surface area contributed by atoms with Crippen LogP contribution in [0.25, 0.3) is 5.57 Å². The molecule has 0 saturated carbocycles. The summed E-state index contributed by atoms with van der Waals surface area (Å²) in [6, 6.07) is 10.8. The Balaban J connectivity index is 1.79. The average molecular weight is 470 g/mol. The molecule has 9 nitrogen and oxygen atoms in total. The van der Waals surface area contributed by atoms with Crippen molar-refractivity contribution in [3.63, 3.8) is 0 Å². The van der Waals surface area contributed by atoms with Gasteiger partial charge in [-0.1, -0.05) is 18.2 Å². The second-order valence-corrected chi connectivity index (χ2v) is 8.88. The van der Waals surface area contributed by atoms with Crippen molar-refractivity contribution in [1.82, 2.24) is 0 Å². The number of carbonyl (C=O) groups is 2. The zero-order valence-corrected chi connectivity index (χ0v) is 19.2. The lowest BCUT2D eigenvalue weighted by Crippen LogP contribution is -2.44. The number of benzene rings is 2. The standard InChI is InChI=1S/C25H26O9/c1-24(2,30)21-20(31-3)16-11-13(5-10-17(16)33-21)12-25(23(29)32-4)18(19(27)22(28)34-25)14-6-8-15(26)9-7-14/h5-11,20-21,26-27,30H,12H2,1-4H3/t20-,21-,25+/m0/s1. The molecule has 3 atom stereocenters. The maximum absolute atomic E-state index is 13.0. The molecule has 9 heteroatoms. The van der Waals surface area contributed by atoms with Crippen LogP contribution in [-0.2, 0) is 30.2 Å². The number of phenolic OH excluding ortho intramolecular Hbond substituents is 1. The monoisotopic (exact) mass is 470 g/mol. The summed E-state index contributed by atoms with van der Waals surface area (Å²) in [6.07, 6.45) is -1.38. The van der Waals surface area contributed by atoms with E-state index in [0.717, 1.165) is 7.11 Å². The number of phenols is 1. The number of hydrogen-bond acceptors (Lipinski definition) is 9. The molecule has 0 aliphatic carbocycles. The van der Waals surface area contributed by atoms with Gasteiger partial charge in [0.05, 0.1) is 18.3 Å². The first-order valence-electron chi connectivity index (χ1n) is 10.6. The van der Waals surface area contributed by atoms with Crippen molar-refractivity contribution in [2.75, 3.05) is 14.2 Å². The molecule has 0 amide bonds. The lowest BCUT2D eigenvalue weighted by atomic mass is 9.82. The van der Waals surface area contributed by atoms with E-state index in [0.29, 0.717) is 22.4 Å². The van der Waals surface area contributed by atoms with Crippen molar-refractivity contribution in [2.45, 2.75) is 43.7 Å². The van der Waals surface area contributed by atoms with E-state index in [2.05, 4.69) is 0 Å². The van der Waals surface area contributed by atoms with E-state index < -0.39 is 41.1 Å². The molecule has 0 fully saturated rings. The summed E-state index contributed by atoms with van der Waals surface area (Å²) in [5, 5.41) is 30.7. The van der Waals surface area contributed by atoms with E-state index in [4.69, 9.17) is 18.9 Å². The van der Waals surface area contributed by atoms with Crippen LogP contribution in [0.5, 0.6) is 11.5 Å². The molecule has 2 aliphatic heterocycles. The predicted molar refractivity (Wildman–Crippen MR) is 119 cm³/mol. The van der Waals surface area contributed by atoms with Crippen LogP contribution in [0.15, 0.2) is 48.2 Å². The van der Waals surface area contributed by atoms with Gasteiger partial charge in [-0.05, 0) is 49.2 Å². The van der Waals surface area contributed by atoms with E-state index in [1.807, 2.05) is 0 Å². The average Bonchev–Trinajstić information content (AvgIpc) is 3.29. The fourth-order valence-corrected chi connectivity index (χ4v) is 4.51. The Labute approximate surface area is 196 Å². The Morgan fingerprint density at radius 1 is 1.12 bits per heavy atom. The second kappa shape index (κ2) is 8.34. The molecule has 2 aromatic carbocycles. The summed E-state index contributed by atoms with van der Waals surface area (Å²) in [7, 11) is 2.67. The lowest BCUT2D eigenvalue weighted by Gasteiger charge is -2.29. The van der Waals surface area contributed by atoms with Gasteiger partial charge in [-0.15, -0.1) is 0 Å². The minimum atomic E-state index is -1.96. The summed E-state index contributed by atoms with van der Waals surface area (Å²) < 4.78 is 21.9. The summed E-state index contributed by atoms with van der Waals surface area (Å²) in [5.74, 6) is -2.14. The van der Waals surface area contributed by atoms with Crippen LogP contribution >= 0.6 is 0 Å². The third-order valence-corrected chi connectivity index (χ3v) is 6.08. The number of aliphatic hydroxyl groups is 2. The van der Waals surface area contributed by atoms with Crippen molar-refractivity contribution >= 4 is 17.5 Å². The van der Waals surface area contributed by atoms with E-state index in [9.17, 15) is 24.9 Å². The van der Waals surface area contributed by atoms with Crippen molar-refractivity contribution in [2.24, 2.45) is 0 Å². The second-order valence-electron chi connectivity index (χ2n) is 8.88. The molecular formula is C25H26O9. The number of aromatic hydroxyl groups is 1. The van der Waals surface area contributed by atoms with Gasteiger partial charge in [0.25, 0.3) is 0 Å². The van der Waals surface area contributed by atoms with Gasteiger partial charge in [-0.2, -0.15) is 0 Å². The number of esters is 2. The SMILES string of the molecule is COC(=O)[C@]1(Cc2ccc3c(c2)[C@H](OC)[C@@H](C(C)(C)O)O3)OC(=O)C(O)=C1c1ccc(O)cc1. The molecule has 4 rings (SSSR count). The number of cyclic esters (lactones) is 1. The fraction of sp³-hybridized carbons (Fsp3) is 0.360. The third-order valence-electron chi connectivity index (χ3n) is 6.08. The van der Waals surface area contributed by atoms with Gasteiger partial charge in [0.2, 0.25) is 11.4 Å². The minimum absolute atomic E-state index is 0.0247. The number of rotatable bonds is 6. The van der Waals surface area contributed by atoms with Crippen LogP contribution in [0, 0.1) is 0 Å². The maximum Gasteiger partial charge on any atom is 0.375 e. The molecule has 0 saturated heterocycles. The highest BCUT2D eigenvalue weighted by molar-refractivity contribution is 6.11. The molecule has 2 aliphatic rings. The highest BCUT2D eigenvalue weighted by atomic mass is 16.6. The predicted octanol–water partition coefficient (Wildman–Crippen LogP) is 2.59. The lowest BCUT2D eigenvalue weighted by molar-refractivity contribution is -0.169. The number of aliphatic hydroxyl groups excluding tert-OH is 1. The van der Waals surface area contributed by atoms with E-state index in [-0.39, 0.29) is 17.7 Å². The largest absolute Gasteiger partial charge is 0.508 e. The molecule has 34 heavy (non-hydrogen) atoms. The molecule has 0 spiro atoms. The molecular weight excluding hydrogens is 444 g/mol. The Kier molecular flexibility index (Phi) is 5.79. The van der Waals surface area contributed by atoms with Gasteiger partial charge >= 0.3 is 11.9 Å². The van der Waals surface area contributed by atoms with Crippen LogP contribution in [0.3, 0.4) is 0 Å². The number of hydrogen-bond donors (Lipinski definition) is 3. The van der Waals surface area contributed by atoms with Crippen molar-refractivity contribution in [3.05, 3.63) is 64.9 Å². The number of methoxy groups -OCH3 is 2. The van der Waals surface area contributed by atoms with Gasteiger partial charge < -0.3 is 34.3 Å². The Morgan fingerprint density at radius 2 is 1.79 bits per heavy atom. The van der Waals surface area contributed by atoms with Gasteiger partial charge in [0.1, 0.15) is 17.6 Å². The topological polar surface area (TPSA) is 132 Å². The Hall–Kier alpha value is -3.56. The molecule has 0 unspecified atom stereocenters. The van der Waals surface area contributed by atoms with Gasteiger partial charge in [-0.25, -0.2) is 9.59 Å². The number of carbonyl (C=O) groups excluding carboxylic acids is 2. The third kappa shape index (κ3) is 3.76.